The normalized spacial score (nSPS) is 12.7. The first kappa shape index (κ1) is 21.2. The molecule has 0 aliphatic heterocycles. The summed E-state index contributed by atoms with van der Waals surface area (Å²) in [4.78, 5) is 12.7. The van der Waals surface area contributed by atoms with Crippen molar-refractivity contribution in [1.82, 2.24) is 0 Å². The van der Waals surface area contributed by atoms with Gasteiger partial charge in [-0.05, 0) is 42.9 Å². The number of Topliss-reactive ketones (excluding diaryl/α,β-unsaturated/α-hetero) is 1. The van der Waals surface area contributed by atoms with E-state index in [4.69, 9.17) is 20.6 Å². The van der Waals surface area contributed by atoms with Crippen molar-refractivity contribution in [2.45, 2.75) is 25.5 Å². The van der Waals surface area contributed by atoms with E-state index in [0.717, 1.165) is 16.9 Å². The highest BCUT2D eigenvalue weighted by molar-refractivity contribution is 8.55. The lowest BCUT2D eigenvalue weighted by atomic mass is 10.0. The summed E-state index contributed by atoms with van der Waals surface area (Å²) in [5.74, 6) is -0.0300. The molecule has 0 amide bonds. The lowest BCUT2D eigenvalue weighted by Crippen LogP contribution is -2.06. The summed E-state index contributed by atoms with van der Waals surface area (Å²) in [5.41, 5.74) is 1.47. The molecule has 0 saturated heterocycles. The zero-order valence-corrected chi connectivity index (χ0v) is 17.2. The van der Waals surface area contributed by atoms with Crippen molar-refractivity contribution in [3.63, 3.8) is 0 Å². The second-order valence-electron chi connectivity index (χ2n) is 5.42. The Bertz CT molecular complexity index is 742. The molecule has 0 unspecified atom stereocenters. The van der Waals surface area contributed by atoms with Crippen LogP contribution in [0, 0.1) is 0 Å². The monoisotopic (exact) mass is 412 g/mol. The highest BCUT2D eigenvalue weighted by atomic mass is 35.5. The molecule has 2 rings (SSSR count). The summed E-state index contributed by atoms with van der Waals surface area (Å²) >= 11 is 7.04. The van der Waals surface area contributed by atoms with Gasteiger partial charge in [-0.3, -0.25) is 4.79 Å². The van der Waals surface area contributed by atoms with Gasteiger partial charge in [0.2, 0.25) is 0 Å². The minimum Gasteiger partial charge on any atom is -0.301 e. The summed E-state index contributed by atoms with van der Waals surface area (Å²) in [6.45, 7) is 0.692. The Morgan fingerprint density at radius 1 is 1.04 bits per heavy atom. The van der Waals surface area contributed by atoms with Gasteiger partial charge in [0.15, 0.2) is 5.78 Å². The van der Waals surface area contributed by atoms with Crippen LogP contribution in [0.1, 0.15) is 41.4 Å². The lowest BCUT2D eigenvalue weighted by Gasteiger charge is -2.22. The summed E-state index contributed by atoms with van der Waals surface area (Å²) in [6, 6.07) is 16.2. The van der Waals surface area contributed by atoms with Crippen molar-refractivity contribution in [3.05, 3.63) is 70.7 Å². The first-order valence-electron chi connectivity index (χ1n) is 8.38. The Kier molecular flexibility index (Phi) is 8.39. The van der Waals surface area contributed by atoms with E-state index in [1.165, 1.54) is 0 Å². The molecule has 1 atom stereocenters. The Morgan fingerprint density at radius 3 is 2.15 bits per heavy atom. The summed E-state index contributed by atoms with van der Waals surface area (Å²) in [5, 5.41) is 0.230. The average Bonchev–Trinajstić information content (AvgIpc) is 2.63. The van der Waals surface area contributed by atoms with E-state index in [1.54, 1.807) is 38.1 Å². The molecule has 0 aliphatic carbocycles. The van der Waals surface area contributed by atoms with Crippen molar-refractivity contribution < 1.29 is 18.4 Å². The Morgan fingerprint density at radius 2 is 1.62 bits per heavy atom. The Balaban J connectivity index is 2.28. The first-order chi connectivity index (χ1) is 12.5. The molecule has 0 spiro atoms. The minimum absolute atomic E-state index is 0.0300. The van der Waals surface area contributed by atoms with Crippen molar-refractivity contribution in [3.8, 4) is 0 Å². The summed E-state index contributed by atoms with van der Waals surface area (Å²) in [6.07, 6.45) is 0.181. The number of hydrogen-bond acceptors (Lipinski definition) is 5. The minimum atomic E-state index is -3.37. The first-order valence-corrected chi connectivity index (χ1v) is 11.8. The number of hydrogen-bond donors (Lipinski definition) is 0. The van der Waals surface area contributed by atoms with Crippen LogP contribution < -0.4 is 0 Å². The van der Waals surface area contributed by atoms with Crippen LogP contribution in [0.4, 0.5) is 0 Å². The van der Waals surface area contributed by atoms with Gasteiger partial charge in [-0.25, -0.2) is 4.57 Å². The fraction of sp³-hybridized carbons (Fsp3) is 0.316. The Labute approximate surface area is 163 Å². The topological polar surface area (TPSA) is 52.6 Å². The maximum absolute atomic E-state index is 13.0. The van der Waals surface area contributed by atoms with Gasteiger partial charge in [0, 0.05) is 22.3 Å². The molecule has 140 valence electrons. The zero-order valence-electron chi connectivity index (χ0n) is 14.8. The van der Waals surface area contributed by atoms with E-state index in [2.05, 4.69) is 0 Å². The largest absolute Gasteiger partial charge is 0.389 e. The molecular formula is C19H22ClO4PS. The molecule has 4 nitrogen and oxygen atoms in total. The number of rotatable bonds is 10. The maximum atomic E-state index is 13.0. The smallest absolute Gasteiger partial charge is 0.301 e. The van der Waals surface area contributed by atoms with Crippen molar-refractivity contribution in [1.29, 1.82) is 0 Å². The molecule has 0 radical (unpaired) electrons. The molecule has 2 aromatic rings. The van der Waals surface area contributed by atoms with Crippen LogP contribution in [0.25, 0.3) is 0 Å². The summed E-state index contributed by atoms with van der Waals surface area (Å²) < 4.78 is 23.7. The lowest BCUT2D eigenvalue weighted by molar-refractivity contribution is 0.0982. The number of ketones is 1. The fourth-order valence-electron chi connectivity index (χ4n) is 2.37. The van der Waals surface area contributed by atoms with Gasteiger partial charge in [-0.15, -0.1) is 0 Å². The SMILES string of the molecule is CCOP(=O)(OCC)S[C@@H](CC(=O)c1ccccc1)c1ccc(Cl)cc1. The standard InChI is InChI=1S/C19H22ClO4PS/c1-3-23-25(22,24-4-2)26-19(16-10-12-17(20)13-11-16)14-18(21)15-8-6-5-7-9-15/h5-13,19H,3-4,14H2,1-2H3/t19-/m0/s1. The second kappa shape index (κ2) is 10.3. The second-order valence-corrected chi connectivity index (χ2v) is 10.0. The Hall–Kier alpha value is -1.10. The van der Waals surface area contributed by atoms with Crippen LogP contribution >= 0.6 is 29.8 Å². The molecule has 0 aromatic heterocycles. The third kappa shape index (κ3) is 6.26. The molecule has 26 heavy (non-hydrogen) atoms. The van der Waals surface area contributed by atoms with Crippen LogP contribution in [0.15, 0.2) is 54.6 Å². The van der Waals surface area contributed by atoms with Crippen LogP contribution in [-0.2, 0) is 13.6 Å². The molecule has 0 fully saturated rings. The predicted octanol–water partition coefficient (Wildman–Crippen LogP) is 6.57. The fourth-order valence-corrected chi connectivity index (χ4v) is 6.67. The summed E-state index contributed by atoms with van der Waals surface area (Å²) in [7, 11) is 0. The maximum Gasteiger partial charge on any atom is 0.389 e. The van der Waals surface area contributed by atoms with Crippen LogP contribution in [0.3, 0.4) is 0 Å². The molecule has 0 N–H and O–H groups in total. The third-order valence-electron chi connectivity index (χ3n) is 3.54. The van der Waals surface area contributed by atoms with E-state index < -0.39 is 6.80 Å². The van der Waals surface area contributed by atoms with E-state index in [9.17, 15) is 9.36 Å². The third-order valence-corrected chi connectivity index (χ3v) is 8.06. The van der Waals surface area contributed by atoms with Gasteiger partial charge < -0.3 is 9.05 Å². The van der Waals surface area contributed by atoms with E-state index >= 15 is 0 Å². The van der Waals surface area contributed by atoms with Gasteiger partial charge >= 0.3 is 6.80 Å². The van der Waals surface area contributed by atoms with Crippen LogP contribution in [-0.4, -0.2) is 19.0 Å². The highest BCUT2D eigenvalue weighted by Crippen LogP contribution is 2.66. The van der Waals surface area contributed by atoms with Crippen molar-refractivity contribution in [2.75, 3.05) is 13.2 Å². The number of carbonyl (C=O) groups is 1. The number of benzene rings is 2. The molecule has 2 aromatic carbocycles. The van der Waals surface area contributed by atoms with Gasteiger partial charge in [0.1, 0.15) is 0 Å². The van der Waals surface area contributed by atoms with Gasteiger partial charge in [0.25, 0.3) is 0 Å². The van der Waals surface area contributed by atoms with E-state index in [0.29, 0.717) is 10.6 Å². The van der Waals surface area contributed by atoms with E-state index in [-0.39, 0.29) is 30.7 Å². The molecule has 7 heteroatoms. The van der Waals surface area contributed by atoms with Crippen molar-refractivity contribution >= 4 is 35.6 Å². The molecule has 0 aliphatic rings. The quantitative estimate of drug-likeness (QED) is 0.326. The number of carbonyl (C=O) groups excluding carboxylic acids is 1. The molecule has 0 bridgehead atoms. The van der Waals surface area contributed by atoms with Gasteiger partial charge in [-0.2, -0.15) is 0 Å². The van der Waals surface area contributed by atoms with Gasteiger partial charge in [-0.1, -0.05) is 54.1 Å². The van der Waals surface area contributed by atoms with E-state index in [1.807, 2.05) is 30.3 Å². The predicted molar refractivity (Wildman–Crippen MR) is 108 cm³/mol. The zero-order chi connectivity index (χ0) is 19.0. The average molecular weight is 413 g/mol. The number of halogens is 1. The van der Waals surface area contributed by atoms with Crippen LogP contribution in [0.2, 0.25) is 5.02 Å². The molecule has 0 saturated carbocycles. The molecule has 0 heterocycles. The van der Waals surface area contributed by atoms with Crippen molar-refractivity contribution in [2.24, 2.45) is 0 Å². The highest BCUT2D eigenvalue weighted by Gasteiger charge is 2.32. The van der Waals surface area contributed by atoms with Crippen LogP contribution in [0.5, 0.6) is 0 Å². The molecular weight excluding hydrogens is 391 g/mol. The van der Waals surface area contributed by atoms with Gasteiger partial charge in [0.05, 0.1) is 13.2 Å².